The molecule has 0 bridgehead atoms. The summed E-state index contributed by atoms with van der Waals surface area (Å²) in [7, 11) is 0. The lowest BCUT2D eigenvalue weighted by Gasteiger charge is -2.20. The first kappa shape index (κ1) is 20.1. The zero-order chi connectivity index (χ0) is 19.2. The van der Waals surface area contributed by atoms with E-state index in [-0.39, 0.29) is 11.8 Å². The Morgan fingerprint density at radius 2 is 1.93 bits per heavy atom. The normalized spacial score (nSPS) is 15.7. The van der Waals surface area contributed by atoms with Gasteiger partial charge in [0.1, 0.15) is 0 Å². The van der Waals surface area contributed by atoms with E-state index in [1.54, 1.807) is 0 Å². The molecule has 2 heterocycles. The first-order chi connectivity index (χ1) is 13.0. The zero-order valence-corrected chi connectivity index (χ0v) is 17.8. The van der Waals surface area contributed by atoms with Gasteiger partial charge < -0.3 is 5.32 Å². The molecule has 1 fully saturated rings. The number of rotatable bonds is 6. The Morgan fingerprint density at radius 3 is 2.59 bits per heavy atom. The number of likely N-dealkylation sites (tertiary alicyclic amines) is 1. The third-order valence-corrected chi connectivity index (χ3v) is 5.88. The molecule has 0 unspecified atom stereocenters. The summed E-state index contributed by atoms with van der Waals surface area (Å²) in [6.45, 7) is 8.00. The molecular formula is C21H29BrN4O. The Bertz CT molecular complexity index is 763. The Balaban J connectivity index is 1.58. The first-order valence-corrected chi connectivity index (χ1v) is 10.7. The van der Waals surface area contributed by atoms with Gasteiger partial charge >= 0.3 is 0 Å². The average Bonchev–Trinajstić information content (AvgIpc) is 2.86. The number of nitrogens with zero attached hydrogens (tertiary/aromatic N) is 2. The summed E-state index contributed by atoms with van der Waals surface area (Å²) in [6, 6.07) is 8.51. The second-order valence-electron chi connectivity index (χ2n) is 7.65. The summed E-state index contributed by atoms with van der Waals surface area (Å²) < 4.78 is 0.755. The number of carbonyl (C=O) groups excluding carboxylic acids is 1. The van der Waals surface area contributed by atoms with E-state index in [0.29, 0.717) is 12.2 Å². The molecule has 0 atom stereocenters. The van der Waals surface area contributed by atoms with E-state index in [2.05, 4.69) is 74.5 Å². The molecule has 0 spiro atoms. The molecule has 6 heteroatoms. The lowest BCUT2D eigenvalue weighted by atomic mass is 10.1. The molecule has 27 heavy (non-hydrogen) atoms. The number of halogens is 1. The zero-order valence-electron chi connectivity index (χ0n) is 16.2. The van der Waals surface area contributed by atoms with Crippen molar-refractivity contribution in [2.45, 2.75) is 58.5 Å². The van der Waals surface area contributed by atoms with Gasteiger partial charge in [-0.2, -0.15) is 5.10 Å². The summed E-state index contributed by atoms with van der Waals surface area (Å²) in [5.74, 6) is 0.118. The van der Waals surface area contributed by atoms with Gasteiger partial charge in [-0.25, -0.2) is 0 Å². The number of aromatic nitrogens is 2. The maximum Gasteiger partial charge on any atom is 0.273 e. The smallest absolute Gasteiger partial charge is 0.273 e. The third-order valence-electron chi connectivity index (χ3n) is 5.07. The molecule has 5 nitrogen and oxygen atoms in total. The monoisotopic (exact) mass is 432 g/mol. The topological polar surface area (TPSA) is 61.0 Å². The van der Waals surface area contributed by atoms with Gasteiger partial charge in [0, 0.05) is 13.1 Å². The van der Waals surface area contributed by atoms with Gasteiger partial charge in [-0.3, -0.25) is 14.8 Å². The lowest BCUT2D eigenvalue weighted by molar-refractivity contribution is 0.0945. The molecule has 1 aliphatic heterocycles. The number of hydrogen-bond donors (Lipinski definition) is 2. The molecule has 0 saturated carbocycles. The summed E-state index contributed by atoms with van der Waals surface area (Å²) in [4.78, 5) is 15.0. The second kappa shape index (κ2) is 9.51. The predicted octanol–water partition coefficient (Wildman–Crippen LogP) is 4.60. The summed E-state index contributed by atoms with van der Waals surface area (Å²) >= 11 is 3.49. The van der Waals surface area contributed by atoms with Gasteiger partial charge in [0.15, 0.2) is 5.69 Å². The molecule has 146 valence electrons. The lowest BCUT2D eigenvalue weighted by Crippen LogP contribution is -2.25. The van der Waals surface area contributed by atoms with Gasteiger partial charge in [0.05, 0.1) is 10.2 Å². The minimum absolute atomic E-state index is 0.164. The molecule has 1 saturated heterocycles. The Hall–Kier alpha value is -1.66. The van der Waals surface area contributed by atoms with E-state index in [0.717, 1.165) is 22.3 Å². The van der Waals surface area contributed by atoms with Gasteiger partial charge in [-0.05, 0) is 58.9 Å². The van der Waals surface area contributed by atoms with Crippen LogP contribution in [0.4, 0.5) is 0 Å². The quantitative estimate of drug-likeness (QED) is 0.700. The van der Waals surface area contributed by atoms with Crippen molar-refractivity contribution in [3.8, 4) is 0 Å². The number of H-pyrrole nitrogens is 1. The van der Waals surface area contributed by atoms with Gasteiger partial charge in [0.2, 0.25) is 0 Å². The van der Waals surface area contributed by atoms with Crippen LogP contribution in [0.3, 0.4) is 0 Å². The number of nitrogens with one attached hydrogen (secondary N) is 2. The van der Waals surface area contributed by atoms with Crippen molar-refractivity contribution < 1.29 is 4.79 Å². The highest BCUT2D eigenvalue weighted by Gasteiger charge is 2.19. The molecule has 1 aliphatic rings. The molecule has 3 rings (SSSR count). The molecule has 0 aliphatic carbocycles. The third kappa shape index (κ3) is 5.42. The SMILES string of the molecule is CC(C)c1[nH]nc(C(=O)NCc2cccc(CN3CCCCCC3)c2)c1Br. The average molecular weight is 433 g/mol. The molecule has 2 aromatic rings. The maximum atomic E-state index is 12.5. The molecular weight excluding hydrogens is 404 g/mol. The van der Waals surface area contributed by atoms with E-state index in [1.165, 1.54) is 44.3 Å². The molecule has 2 N–H and O–H groups in total. The largest absolute Gasteiger partial charge is 0.347 e. The van der Waals surface area contributed by atoms with Crippen LogP contribution in [0, 0.1) is 0 Å². The van der Waals surface area contributed by atoms with Gasteiger partial charge in [-0.15, -0.1) is 0 Å². The van der Waals surface area contributed by atoms with Crippen molar-refractivity contribution in [2.24, 2.45) is 0 Å². The van der Waals surface area contributed by atoms with Crippen LogP contribution in [-0.2, 0) is 13.1 Å². The molecule has 1 aromatic carbocycles. The Labute approximate surface area is 170 Å². The first-order valence-electron chi connectivity index (χ1n) is 9.86. The van der Waals surface area contributed by atoms with E-state index < -0.39 is 0 Å². The van der Waals surface area contributed by atoms with E-state index in [4.69, 9.17) is 0 Å². The van der Waals surface area contributed by atoms with E-state index in [9.17, 15) is 4.79 Å². The number of amides is 1. The highest BCUT2D eigenvalue weighted by molar-refractivity contribution is 9.10. The van der Waals surface area contributed by atoms with Crippen LogP contribution >= 0.6 is 15.9 Å². The minimum Gasteiger partial charge on any atom is -0.347 e. The standard InChI is InChI=1S/C21H29BrN4O/c1-15(2)19-18(22)20(25-24-19)21(27)23-13-16-8-7-9-17(12-16)14-26-10-5-3-4-6-11-26/h7-9,12,15H,3-6,10-11,13-14H2,1-2H3,(H,23,27)(H,24,25). The van der Waals surface area contributed by atoms with E-state index in [1.807, 2.05) is 0 Å². The Morgan fingerprint density at radius 1 is 1.22 bits per heavy atom. The fourth-order valence-electron chi connectivity index (χ4n) is 3.53. The summed E-state index contributed by atoms with van der Waals surface area (Å²) in [5.41, 5.74) is 3.79. The van der Waals surface area contributed by atoms with Crippen molar-refractivity contribution in [3.05, 3.63) is 51.3 Å². The fourth-order valence-corrected chi connectivity index (χ4v) is 4.35. The predicted molar refractivity (Wildman–Crippen MR) is 112 cm³/mol. The van der Waals surface area contributed by atoms with Crippen molar-refractivity contribution in [3.63, 3.8) is 0 Å². The van der Waals surface area contributed by atoms with Gasteiger partial charge in [0.25, 0.3) is 5.91 Å². The van der Waals surface area contributed by atoms with Gasteiger partial charge in [-0.1, -0.05) is 51.0 Å². The van der Waals surface area contributed by atoms with Crippen molar-refractivity contribution >= 4 is 21.8 Å². The number of carbonyl (C=O) groups is 1. The minimum atomic E-state index is -0.164. The summed E-state index contributed by atoms with van der Waals surface area (Å²) in [5, 5.41) is 10.1. The number of hydrogen-bond acceptors (Lipinski definition) is 3. The van der Waals surface area contributed by atoms with Crippen molar-refractivity contribution in [1.29, 1.82) is 0 Å². The second-order valence-corrected chi connectivity index (χ2v) is 8.44. The van der Waals surface area contributed by atoms with Crippen LogP contribution in [-0.4, -0.2) is 34.1 Å². The number of benzene rings is 1. The van der Waals surface area contributed by atoms with Crippen molar-refractivity contribution in [1.82, 2.24) is 20.4 Å². The maximum absolute atomic E-state index is 12.5. The van der Waals surface area contributed by atoms with Crippen LogP contribution in [0.5, 0.6) is 0 Å². The summed E-state index contributed by atoms with van der Waals surface area (Å²) in [6.07, 6.45) is 5.30. The Kier molecular flexibility index (Phi) is 7.07. The molecule has 1 amide bonds. The van der Waals surface area contributed by atoms with Crippen molar-refractivity contribution in [2.75, 3.05) is 13.1 Å². The number of aromatic amines is 1. The highest BCUT2D eigenvalue weighted by atomic mass is 79.9. The van der Waals surface area contributed by atoms with Crippen LogP contribution in [0.25, 0.3) is 0 Å². The van der Waals surface area contributed by atoms with Crippen LogP contribution in [0.2, 0.25) is 0 Å². The van der Waals surface area contributed by atoms with Crippen LogP contribution in [0.15, 0.2) is 28.7 Å². The molecule has 1 aromatic heterocycles. The molecule has 0 radical (unpaired) electrons. The van der Waals surface area contributed by atoms with E-state index >= 15 is 0 Å². The van der Waals surface area contributed by atoms with Crippen LogP contribution < -0.4 is 5.32 Å². The van der Waals surface area contributed by atoms with Crippen LogP contribution in [0.1, 0.15) is 72.8 Å². The highest BCUT2D eigenvalue weighted by Crippen LogP contribution is 2.25. The fraction of sp³-hybridized carbons (Fsp3) is 0.524.